The van der Waals surface area contributed by atoms with Crippen LogP contribution in [0.3, 0.4) is 0 Å². The summed E-state index contributed by atoms with van der Waals surface area (Å²) < 4.78 is 12.4. The largest absolute Gasteiger partial charge is 0.383 e. The van der Waals surface area contributed by atoms with E-state index in [9.17, 15) is 4.79 Å². The highest BCUT2D eigenvalue weighted by Gasteiger charge is 2.18. The van der Waals surface area contributed by atoms with Gasteiger partial charge in [-0.05, 0) is 27.9 Å². The second-order valence-electron chi connectivity index (χ2n) is 5.03. The maximum atomic E-state index is 12.1. The Kier molecular flexibility index (Phi) is 7.86. The molecule has 8 heteroatoms. The molecule has 0 unspecified atom stereocenters. The van der Waals surface area contributed by atoms with E-state index in [4.69, 9.17) is 15.2 Å². The Morgan fingerprint density at radius 1 is 1.41 bits per heavy atom. The third-order valence-electron chi connectivity index (χ3n) is 3.00. The lowest BCUT2D eigenvalue weighted by Crippen LogP contribution is -2.31. The van der Waals surface area contributed by atoms with Gasteiger partial charge in [0.05, 0.1) is 12.7 Å². The number of ether oxygens (including phenoxy) is 2. The van der Waals surface area contributed by atoms with E-state index in [-0.39, 0.29) is 5.91 Å². The molecule has 1 aromatic heterocycles. The molecule has 0 bridgehead atoms. The number of nitrogen functional groups attached to an aromatic ring is 1. The summed E-state index contributed by atoms with van der Waals surface area (Å²) in [7, 11) is 3.89. The normalized spacial score (nSPS) is 11.4. The minimum Gasteiger partial charge on any atom is -0.383 e. The van der Waals surface area contributed by atoms with Gasteiger partial charge in [0.15, 0.2) is 6.29 Å². The Morgan fingerprint density at radius 3 is 2.59 bits per heavy atom. The second kappa shape index (κ2) is 9.39. The first kappa shape index (κ1) is 18.4. The van der Waals surface area contributed by atoms with Crippen LogP contribution in [-0.4, -0.2) is 67.3 Å². The lowest BCUT2D eigenvalue weighted by Gasteiger charge is -2.17. The molecule has 3 N–H and O–H groups in total. The van der Waals surface area contributed by atoms with E-state index in [1.54, 1.807) is 0 Å². The zero-order valence-electron chi connectivity index (χ0n) is 13.8. The molecule has 1 rings (SSSR count). The van der Waals surface area contributed by atoms with Gasteiger partial charge in [0, 0.05) is 26.3 Å². The molecule has 1 amide bonds. The number of hydrogen-bond donors (Lipinski definition) is 2. The highest BCUT2D eigenvalue weighted by molar-refractivity contribution is 5.98. The third kappa shape index (κ3) is 5.63. The molecule has 0 spiro atoms. The summed E-state index contributed by atoms with van der Waals surface area (Å²) in [6.07, 6.45) is 1.04. The van der Waals surface area contributed by atoms with Crippen LogP contribution in [0.1, 0.15) is 24.2 Å². The van der Waals surface area contributed by atoms with Gasteiger partial charge in [0.2, 0.25) is 0 Å². The van der Waals surface area contributed by atoms with Crippen LogP contribution in [0.2, 0.25) is 0 Å². The molecule has 0 aliphatic rings. The van der Waals surface area contributed by atoms with Gasteiger partial charge in [-0.1, -0.05) is 0 Å². The maximum absolute atomic E-state index is 12.1. The van der Waals surface area contributed by atoms with Crippen molar-refractivity contribution in [1.29, 1.82) is 0 Å². The number of rotatable bonds is 10. The number of amides is 1. The quantitative estimate of drug-likeness (QED) is 0.597. The van der Waals surface area contributed by atoms with Crippen LogP contribution >= 0.6 is 0 Å². The van der Waals surface area contributed by atoms with E-state index >= 15 is 0 Å². The molecule has 0 aliphatic heterocycles. The van der Waals surface area contributed by atoms with E-state index in [1.165, 1.54) is 10.9 Å². The van der Waals surface area contributed by atoms with E-state index in [0.717, 1.165) is 6.54 Å². The van der Waals surface area contributed by atoms with Crippen molar-refractivity contribution in [2.45, 2.75) is 26.7 Å². The van der Waals surface area contributed by atoms with Crippen molar-refractivity contribution < 1.29 is 14.3 Å². The van der Waals surface area contributed by atoms with Gasteiger partial charge in [-0.2, -0.15) is 5.10 Å². The van der Waals surface area contributed by atoms with Crippen molar-refractivity contribution in [3.63, 3.8) is 0 Å². The lowest BCUT2D eigenvalue weighted by molar-refractivity contribution is -0.144. The molecule has 0 aromatic carbocycles. The Hall–Kier alpha value is -1.64. The third-order valence-corrected chi connectivity index (χ3v) is 3.00. The molecule has 0 radical (unpaired) electrons. The van der Waals surface area contributed by atoms with Crippen LogP contribution in [-0.2, 0) is 16.0 Å². The highest BCUT2D eigenvalue weighted by atomic mass is 16.7. The predicted octanol–water partition coefficient (Wildman–Crippen LogP) is 0.156. The Balaban J connectivity index is 2.65. The molecule has 0 saturated carbocycles. The van der Waals surface area contributed by atoms with Crippen molar-refractivity contribution in [3.05, 3.63) is 11.8 Å². The summed E-state index contributed by atoms with van der Waals surface area (Å²) in [4.78, 5) is 14.1. The van der Waals surface area contributed by atoms with Crippen molar-refractivity contribution in [2.75, 3.05) is 46.1 Å². The second-order valence-corrected chi connectivity index (χ2v) is 5.03. The van der Waals surface area contributed by atoms with Crippen LogP contribution in [0.25, 0.3) is 0 Å². The first-order valence-corrected chi connectivity index (χ1v) is 7.46. The SMILES string of the molecule is CCOC(Cn1ncc(C(=O)NCCN(C)C)c1N)OCC. The summed E-state index contributed by atoms with van der Waals surface area (Å²) >= 11 is 0. The average molecular weight is 313 g/mol. The van der Waals surface area contributed by atoms with Crippen molar-refractivity contribution in [3.8, 4) is 0 Å². The van der Waals surface area contributed by atoms with E-state index in [0.29, 0.717) is 37.7 Å². The van der Waals surface area contributed by atoms with Crippen molar-refractivity contribution >= 4 is 11.7 Å². The van der Waals surface area contributed by atoms with Gasteiger partial charge < -0.3 is 25.4 Å². The minimum absolute atomic E-state index is 0.227. The number of aromatic nitrogens is 2. The number of hydrogen-bond acceptors (Lipinski definition) is 6. The molecular formula is C14H27N5O3. The van der Waals surface area contributed by atoms with E-state index < -0.39 is 6.29 Å². The first-order valence-electron chi connectivity index (χ1n) is 7.46. The maximum Gasteiger partial charge on any atom is 0.256 e. The Labute approximate surface area is 131 Å². The number of likely N-dealkylation sites (N-methyl/N-ethyl adjacent to an activating group) is 1. The Bertz CT molecular complexity index is 455. The summed E-state index contributed by atoms with van der Waals surface area (Å²) in [5.74, 6) is 0.0849. The standard InChI is InChI=1S/C14H27N5O3/c1-5-21-12(22-6-2)10-19-13(15)11(9-17-19)14(20)16-7-8-18(3)4/h9,12H,5-8,10,15H2,1-4H3,(H,16,20). The van der Waals surface area contributed by atoms with Crippen LogP contribution < -0.4 is 11.1 Å². The summed E-state index contributed by atoms with van der Waals surface area (Å²) in [5.41, 5.74) is 6.36. The molecular weight excluding hydrogens is 286 g/mol. The van der Waals surface area contributed by atoms with Gasteiger partial charge >= 0.3 is 0 Å². The molecule has 8 nitrogen and oxygen atoms in total. The monoisotopic (exact) mass is 313 g/mol. The molecule has 22 heavy (non-hydrogen) atoms. The van der Waals surface area contributed by atoms with Gasteiger partial charge in [-0.15, -0.1) is 0 Å². The fourth-order valence-electron chi connectivity index (χ4n) is 1.87. The molecule has 0 aliphatic carbocycles. The molecule has 0 saturated heterocycles. The zero-order valence-corrected chi connectivity index (χ0v) is 13.8. The summed E-state index contributed by atoms with van der Waals surface area (Å²) in [6.45, 7) is 6.50. The molecule has 126 valence electrons. The van der Waals surface area contributed by atoms with Crippen molar-refractivity contribution in [2.24, 2.45) is 0 Å². The first-order chi connectivity index (χ1) is 10.5. The summed E-state index contributed by atoms with van der Waals surface area (Å²) in [6, 6.07) is 0. The molecule has 0 fully saturated rings. The smallest absolute Gasteiger partial charge is 0.256 e. The minimum atomic E-state index is -0.429. The lowest BCUT2D eigenvalue weighted by atomic mass is 10.3. The van der Waals surface area contributed by atoms with Crippen molar-refractivity contribution in [1.82, 2.24) is 20.0 Å². The fourth-order valence-corrected chi connectivity index (χ4v) is 1.87. The number of carbonyl (C=O) groups is 1. The van der Waals surface area contributed by atoms with Crippen LogP contribution in [0.15, 0.2) is 6.20 Å². The molecule has 1 heterocycles. The average Bonchev–Trinajstić information content (AvgIpc) is 2.80. The van der Waals surface area contributed by atoms with E-state index in [1.807, 2.05) is 32.8 Å². The molecule has 1 aromatic rings. The fraction of sp³-hybridized carbons (Fsp3) is 0.714. The van der Waals surface area contributed by atoms with Crippen LogP contribution in [0.5, 0.6) is 0 Å². The number of nitrogens with two attached hydrogens (primary N) is 1. The summed E-state index contributed by atoms with van der Waals surface area (Å²) in [5, 5.41) is 6.96. The van der Waals surface area contributed by atoms with Crippen LogP contribution in [0, 0.1) is 0 Å². The van der Waals surface area contributed by atoms with Gasteiger partial charge in [-0.3, -0.25) is 4.79 Å². The molecule has 0 atom stereocenters. The van der Waals surface area contributed by atoms with Gasteiger partial charge in [0.1, 0.15) is 11.4 Å². The number of nitrogens with zero attached hydrogens (tertiary/aromatic N) is 3. The number of nitrogens with one attached hydrogen (secondary N) is 1. The highest BCUT2D eigenvalue weighted by Crippen LogP contribution is 2.12. The topological polar surface area (TPSA) is 94.6 Å². The number of anilines is 1. The Morgan fingerprint density at radius 2 is 2.05 bits per heavy atom. The zero-order chi connectivity index (χ0) is 16.5. The van der Waals surface area contributed by atoms with Gasteiger partial charge in [0.25, 0.3) is 5.91 Å². The van der Waals surface area contributed by atoms with Crippen LogP contribution in [0.4, 0.5) is 5.82 Å². The van der Waals surface area contributed by atoms with Gasteiger partial charge in [-0.25, -0.2) is 4.68 Å². The van der Waals surface area contributed by atoms with E-state index in [2.05, 4.69) is 10.4 Å². The number of carbonyl (C=O) groups excluding carboxylic acids is 1. The predicted molar refractivity (Wildman–Crippen MR) is 84.6 cm³/mol.